The summed E-state index contributed by atoms with van der Waals surface area (Å²) in [6.45, 7) is 0. The highest BCUT2D eigenvalue weighted by atomic mass is 32.2. The smallest absolute Gasteiger partial charge is 0.271 e. The molecule has 0 amide bonds. The molecule has 1 aromatic heterocycles. The van der Waals surface area contributed by atoms with Crippen LogP contribution in [0.2, 0.25) is 0 Å². The number of non-ortho nitro benzene ring substituents is 1. The van der Waals surface area contributed by atoms with Gasteiger partial charge in [-0.25, -0.2) is 8.42 Å². The summed E-state index contributed by atoms with van der Waals surface area (Å²) in [6, 6.07) is 6.05. The SMILES string of the molecule is O=[N+]([O-])c1ccc(O)c(NS(=O)(=O)c2cccs2)c1. The summed E-state index contributed by atoms with van der Waals surface area (Å²) in [5, 5.41) is 21.7. The molecule has 0 saturated heterocycles. The lowest BCUT2D eigenvalue weighted by Crippen LogP contribution is -2.11. The van der Waals surface area contributed by atoms with Gasteiger partial charge < -0.3 is 5.11 Å². The lowest BCUT2D eigenvalue weighted by atomic mass is 10.2. The summed E-state index contributed by atoms with van der Waals surface area (Å²) in [6.07, 6.45) is 0. The number of rotatable bonds is 4. The van der Waals surface area contributed by atoms with Crippen LogP contribution in [0.5, 0.6) is 5.75 Å². The van der Waals surface area contributed by atoms with Crippen LogP contribution >= 0.6 is 11.3 Å². The maximum absolute atomic E-state index is 11.9. The Balaban J connectivity index is 2.39. The molecule has 1 heterocycles. The third-order valence-electron chi connectivity index (χ3n) is 2.20. The van der Waals surface area contributed by atoms with Gasteiger partial charge in [-0.2, -0.15) is 0 Å². The normalized spacial score (nSPS) is 11.2. The molecule has 0 fully saturated rings. The van der Waals surface area contributed by atoms with Crippen LogP contribution in [-0.2, 0) is 10.0 Å². The zero-order chi connectivity index (χ0) is 14.0. The van der Waals surface area contributed by atoms with Gasteiger partial charge in [0.2, 0.25) is 0 Å². The lowest BCUT2D eigenvalue weighted by molar-refractivity contribution is -0.384. The molecule has 2 N–H and O–H groups in total. The molecule has 0 aliphatic carbocycles. The number of nitrogens with zero attached hydrogens (tertiary/aromatic N) is 1. The van der Waals surface area contributed by atoms with Crippen molar-refractivity contribution >= 4 is 32.7 Å². The Labute approximate surface area is 112 Å². The third-order valence-corrected chi connectivity index (χ3v) is 4.96. The Morgan fingerprint density at radius 3 is 2.63 bits per heavy atom. The quantitative estimate of drug-likeness (QED) is 0.511. The highest BCUT2D eigenvalue weighted by molar-refractivity contribution is 7.94. The maximum atomic E-state index is 11.9. The number of phenols is 1. The zero-order valence-corrected chi connectivity index (χ0v) is 10.9. The molecule has 2 rings (SSSR count). The van der Waals surface area contributed by atoms with E-state index in [1.54, 1.807) is 11.4 Å². The van der Waals surface area contributed by atoms with Gasteiger partial charge in [-0.1, -0.05) is 6.07 Å². The van der Waals surface area contributed by atoms with E-state index < -0.39 is 14.9 Å². The molecule has 0 aliphatic heterocycles. The zero-order valence-electron chi connectivity index (χ0n) is 9.31. The molecule has 1 aromatic carbocycles. The lowest BCUT2D eigenvalue weighted by Gasteiger charge is -2.07. The number of sulfonamides is 1. The van der Waals surface area contributed by atoms with E-state index in [9.17, 15) is 23.6 Å². The Kier molecular flexibility index (Phi) is 3.40. The van der Waals surface area contributed by atoms with E-state index in [1.807, 2.05) is 0 Å². The first-order chi connectivity index (χ1) is 8.90. The van der Waals surface area contributed by atoms with Crippen molar-refractivity contribution in [1.82, 2.24) is 0 Å². The average molecular weight is 300 g/mol. The van der Waals surface area contributed by atoms with E-state index in [2.05, 4.69) is 4.72 Å². The van der Waals surface area contributed by atoms with E-state index in [0.29, 0.717) is 0 Å². The van der Waals surface area contributed by atoms with Crippen molar-refractivity contribution in [3.8, 4) is 5.75 Å². The first kappa shape index (κ1) is 13.3. The number of thiophene rings is 1. The number of anilines is 1. The molecule has 0 bridgehead atoms. The fourth-order valence-electron chi connectivity index (χ4n) is 1.33. The number of nitro benzene ring substituents is 1. The molecule has 0 aliphatic rings. The molecule has 2 aromatic rings. The Morgan fingerprint density at radius 1 is 1.32 bits per heavy atom. The molecule has 0 saturated carbocycles. The number of hydrogen-bond donors (Lipinski definition) is 2. The number of phenolic OH excluding ortho intramolecular Hbond substituents is 1. The first-order valence-electron chi connectivity index (χ1n) is 4.94. The van der Waals surface area contributed by atoms with Crippen molar-refractivity contribution < 1.29 is 18.4 Å². The highest BCUT2D eigenvalue weighted by Gasteiger charge is 2.19. The Morgan fingerprint density at radius 2 is 2.05 bits per heavy atom. The van der Waals surface area contributed by atoms with Crippen molar-refractivity contribution in [1.29, 1.82) is 0 Å². The number of benzene rings is 1. The van der Waals surface area contributed by atoms with Crippen molar-refractivity contribution in [3.05, 3.63) is 45.8 Å². The minimum atomic E-state index is -3.85. The van der Waals surface area contributed by atoms with Gasteiger partial charge in [-0.3, -0.25) is 14.8 Å². The predicted molar refractivity (Wildman–Crippen MR) is 69.9 cm³/mol. The first-order valence-corrected chi connectivity index (χ1v) is 7.30. The molecule has 19 heavy (non-hydrogen) atoms. The van der Waals surface area contributed by atoms with Crippen molar-refractivity contribution in [2.75, 3.05) is 4.72 Å². The minimum absolute atomic E-state index is 0.0541. The van der Waals surface area contributed by atoms with Gasteiger partial charge in [0.05, 0.1) is 10.6 Å². The highest BCUT2D eigenvalue weighted by Crippen LogP contribution is 2.30. The van der Waals surface area contributed by atoms with E-state index in [1.165, 1.54) is 6.07 Å². The van der Waals surface area contributed by atoms with Crippen molar-refractivity contribution in [2.24, 2.45) is 0 Å². The van der Waals surface area contributed by atoms with Crippen LogP contribution in [0.15, 0.2) is 39.9 Å². The van der Waals surface area contributed by atoms with Crippen LogP contribution in [0, 0.1) is 10.1 Å². The van der Waals surface area contributed by atoms with Gasteiger partial charge in [0, 0.05) is 12.1 Å². The van der Waals surface area contributed by atoms with Gasteiger partial charge in [-0.15, -0.1) is 11.3 Å². The molecule has 0 unspecified atom stereocenters. The molecule has 9 heteroatoms. The van der Waals surface area contributed by atoms with Gasteiger partial charge in [0.25, 0.3) is 15.7 Å². The van der Waals surface area contributed by atoms with Gasteiger partial charge in [0.15, 0.2) is 0 Å². The summed E-state index contributed by atoms with van der Waals surface area (Å²) >= 11 is 1.000. The second-order valence-corrected chi connectivity index (χ2v) is 6.35. The molecular formula is C10H8N2O5S2. The number of hydrogen-bond acceptors (Lipinski definition) is 6. The summed E-state index contributed by atoms with van der Waals surface area (Å²) < 4.78 is 26.0. The standard InChI is InChI=1S/C10H8N2O5S2/c13-9-4-3-7(12(14)15)6-8(9)11-19(16,17)10-2-1-5-18-10/h1-6,11,13H. The van der Waals surface area contributed by atoms with Crippen molar-refractivity contribution in [3.63, 3.8) is 0 Å². The van der Waals surface area contributed by atoms with E-state index in [0.717, 1.165) is 29.5 Å². The largest absolute Gasteiger partial charge is 0.506 e. The second-order valence-electron chi connectivity index (χ2n) is 3.50. The van der Waals surface area contributed by atoms with Crippen LogP contribution in [0.1, 0.15) is 0 Å². The summed E-state index contributed by atoms with van der Waals surface area (Å²) in [5.41, 5.74) is -0.552. The topological polar surface area (TPSA) is 110 Å². The fraction of sp³-hybridized carbons (Fsp3) is 0. The predicted octanol–water partition coefficient (Wildman–Crippen LogP) is 2.16. The van der Waals surface area contributed by atoms with Crippen LogP contribution in [0.3, 0.4) is 0 Å². The molecule has 100 valence electrons. The molecular weight excluding hydrogens is 292 g/mol. The van der Waals surface area contributed by atoms with E-state index in [-0.39, 0.29) is 21.3 Å². The number of nitrogens with one attached hydrogen (secondary N) is 1. The van der Waals surface area contributed by atoms with Crippen LogP contribution < -0.4 is 4.72 Å². The second kappa shape index (κ2) is 4.86. The average Bonchev–Trinajstić information content (AvgIpc) is 2.85. The van der Waals surface area contributed by atoms with E-state index >= 15 is 0 Å². The van der Waals surface area contributed by atoms with Gasteiger partial charge in [0.1, 0.15) is 9.96 Å². The summed E-state index contributed by atoms with van der Waals surface area (Å²) in [7, 11) is -3.85. The van der Waals surface area contributed by atoms with E-state index in [4.69, 9.17) is 0 Å². The monoisotopic (exact) mass is 300 g/mol. The van der Waals surface area contributed by atoms with Crippen LogP contribution in [0.25, 0.3) is 0 Å². The van der Waals surface area contributed by atoms with Gasteiger partial charge in [-0.05, 0) is 17.5 Å². The minimum Gasteiger partial charge on any atom is -0.506 e. The fourth-order valence-corrected chi connectivity index (χ4v) is 3.39. The molecule has 0 spiro atoms. The third kappa shape index (κ3) is 2.83. The Hall–Kier alpha value is -2.13. The Bertz CT molecular complexity index is 710. The van der Waals surface area contributed by atoms with Crippen molar-refractivity contribution in [2.45, 2.75) is 4.21 Å². The molecule has 7 nitrogen and oxygen atoms in total. The van der Waals surface area contributed by atoms with Gasteiger partial charge >= 0.3 is 0 Å². The van der Waals surface area contributed by atoms with Crippen LogP contribution in [-0.4, -0.2) is 18.4 Å². The molecule has 0 radical (unpaired) electrons. The number of aromatic hydroxyl groups is 1. The van der Waals surface area contributed by atoms with Crippen LogP contribution in [0.4, 0.5) is 11.4 Å². The maximum Gasteiger partial charge on any atom is 0.271 e. The number of nitro groups is 1. The molecule has 0 atom stereocenters. The summed E-state index contributed by atoms with van der Waals surface area (Å²) in [4.78, 5) is 9.93. The summed E-state index contributed by atoms with van der Waals surface area (Å²) in [5.74, 6) is -0.384.